The van der Waals surface area contributed by atoms with Crippen LogP contribution in [0.25, 0.3) is 0 Å². The van der Waals surface area contributed by atoms with Crippen LogP contribution in [0.2, 0.25) is 5.02 Å². The SMILES string of the molecule is O=C(NN=Cc1ccc(Cl)cc1)C12CC3CC(CC(C3)C1)C2. The van der Waals surface area contributed by atoms with Crippen LogP contribution in [-0.2, 0) is 4.79 Å². The Morgan fingerprint density at radius 2 is 1.64 bits per heavy atom. The maximum atomic E-state index is 12.7. The first-order chi connectivity index (χ1) is 10.6. The standard InChI is InChI=1S/C18H21ClN2O/c19-16-3-1-12(2-4-16)11-20-21-17(22)18-8-13-5-14(9-18)7-15(6-13)10-18/h1-4,11,13-15H,5-10H2,(H,21,22). The van der Waals surface area contributed by atoms with Gasteiger partial charge in [0.1, 0.15) is 0 Å². The Labute approximate surface area is 136 Å². The van der Waals surface area contributed by atoms with Gasteiger partial charge in [-0.3, -0.25) is 4.79 Å². The molecule has 0 radical (unpaired) electrons. The number of carbonyl (C=O) groups excluding carboxylic acids is 1. The lowest BCUT2D eigenvalue weighted by atomic mass is 9.49. The summed E-state index contributed by atoms with van der Waals surface area (Å²) in [6.45, 7) is 0. The smallest absolute Gasteiger partial charge is 0.246 e. The van der Waals surface area contributed by atoms with E-state index in [2.05, 4.69) is 10.5 Å². The van der Waals surface area contributed by atoms with E-state index in [-0.39, 0.29) is 11.3 Å². The molecular formula is C18H21ClN2O. The predicted molar refractivity (Wildman–Crippen MR) is 87.8 cm³/mol. The fraction of sp³-hybridized carbons (Fsp3) is 0.556. The van der Waals surface area contributed by atoms with Crippen molar-refractivity contribution < 1.29 is 4.79 Å². The first-order valence-corrected chi connectivity index (χ1v) is 8.60. The number of carbonyl (C=O) groups is 1. The van der Waals surface area contributed by atoms with Crippen molar-refractivity contribution in [1.29, 1.82) is 0 Å². The number of nitrogens with zero attached hydrogens (tertiary/aromatic N) is 1. The fourth-order valence-corrected chi connectivity index (χ4v) is 5.35. The molecule has 0 heterocycles. The third-order valence-electron chi connectivity index (χ3n) is 5.77. The summed E-state index contributed by atoms with van der Waals surface area (Å²) in [5, 5.41) is 4.86. The van der Waals surface area contributed by atoms with Crippen LogP contribution >= 0.6 is 11.6 Å². The summed E-state index contributed by atoms with van der Waals surface area (Å²) in [6, 6.07) is 7.43. The average molecular weight is 317 g/mol. The van der Waals surface area contributed by atoms with E-state index in [1.54, 1.807) is 6.21 Å². The van der Waals surface area contributed by atoms with Gasteiger partial charge in [-0.25, -0.2) is 5.43 Å². The molecule has 1 N–H and O–H groups in total. The summed E-state index contributed by atoms with van der Waals surface area (Å²) in [7, 11) is 0. The van der Waals surface area contributed by atoms with E-state index in [1.807, 2.05) is 24.3 Å². The van der Waals surface area contributed by atoms with Crippen LogP contribution in [0.3, 0.4) is 0 Å². The minimum Gasteiger partial charge on any atom is -0.273 e. The van der Waals surface area contributed by atoms with E-state index in [1.165, 1.54) is 19.3 Å². The van der Waals surface area contributed by atoms with Gasteiger partial charge in [0.25, 0.3) is 0 Å². The van der Waals surface area contributed by atoms with Crippen molar-refractivity contribution in [2.45, 2.75) is 38.5 Å². The van der Waals surface area contributed by atoms with E-state index in [4.69, 9.17) is 11.6 Å². The molecule has 116 valence electrons. The normalized spacial score (nSPS) is 36.0. The molecule has 0 unspecified atom stereocenters. The predicted octanol–water partition coefficient (Wildman–Crippen LogP) is 4.01. The zero-order valence-electron chi connectivity index (χ0n) is 12.6. The highest BCUT2D eigenvalue weighted by Crippen LogP contribution is 2.60. The van der Waals surface area contributed by atoms with Crippen LogP contribution in [0.4, 0.5) is 0 Å². The molecule has 3 nitrogen and oxygen atoms in total. The summed E-state index contributed by atoms with van der Waals surface area (Å²) in [5.41, 5.74) is 3.61. The molecule has 0 saturated heterocycles. The maximum Gasteiger partial charge on any atom is 0.246 e. The quantitative estimate of drug-likeness (QED) is 0.664. The van der Waals surface area contributed by atoms with Gasteiger partial charge in [-0.1, -0.05) is 23.7 Å². The minimum absolute atomic E-state index is 0.133. The van der Waals surface area contributed by atoms with Gasteiger partial charge in [0.2, 0.25) is 5.91 Å². The van der Waals surface area contributed by atoms with Crippen LogP contribution in [0.15, 0.2) is 29.4 Å². The number of hydrogen-bond acceptors (Lipinski definition) is 2. The van der Waals surface area contributed by atoms with Crippen molar-refractivity contribution >= 4 is 23.7 Å². The van der Waals surface area contributed by atoms with Crippen molar-refractivity contribution in [3.63, 3.8) is 0 Å². The van der Waals surface area contributed by atoms with Gasteiger partial charge in [0.15, 0.2) is 0 Å². The van der Waals surface area contributed by atoms with Crippen molar-refractivity contribution in [1.82, 2.24) is 5.43 Å². The number of benzene rings is 1. The molecule has 0 atom stereocenters. The second-order valence-corrected chi connectivity index (χ2v) is 7.88. The second kappa shape index (κ2) is 5.38. The van der Waals surface area contributed by atoms with E-state index >= 15 is 0 Å². The van der Waals surface area contributed by atoms with Gasteiger partial charge in [-0.15, -0.1) is 0 Å². The maximum absolute atomic E-state index is 12.7. The molecule has 4 saturated carbocycles. The lowest BCUT2D eigenvalue weighted by molar-refractivity contribution is -0.146. The van der Waals surface area contributed by atoms with Gasteiger partial charge >= 0.3 is 0 Å². The molecule has 4 aliphatic rings. The van der Waals surface area contributed by atoms with Gasteiger partial charge < -0.3 is 0 Å². The Balaban J connectivity index is 1.43. The molecule has 5 rings (SSSR count). The second-order valence-electron chi connectivity index (χ2n) is 7.45. The zero-order valence-corrected chi connectivity index (χ0v) is 13.4. The first kappa shape index (κ1) is 14.3. The van der Waals surface area contributed by atoms with E-state index in [0.29, 0.717) is 5.02 Å². The molecule has 22 heavy (non-hydrogen) atoms. The van der Waals surface area contributed by atoms with E-state index in [0.717, 1.165) is 42.6 Å². The van der Waals surface area contributed by atoms with Gasteiger partial charge in [0.05, 0.1) is 11.6 Å². The third kappa shape index (κ3) is 2.56. The van der Waals surface area contributed by atoms with Crippen molar-refractivity contribution in [2.75, 3.05) is 0 Å². The number of hydrazone groups is 1. The highest BCUT2D eigenvalue weighted by Gasteiger charge is 2.54. The molecule has 4 heteroatoms. The van der Waals surface area contributed by atoms with Crippen LogP contribution < -0.4 is 5.43 Å². The Hall–Kier alpha value is -1.35. The summed E-state index contributed by atoms with van der Waals surface area (Å²) in [5.74, 6) is 2.46. The lowest BCUT2D eigenvalue weighted by Crippen LogP contribution is -2.52. The summed E-state index contributed by atoms with van der Waals surface area (Å²) in [4.78, 5) is 12.7. The minimum atomic E-state index is -0.133. The first-order valence-electron chi connectivity index (χ1n) is 8.22. The Bertz CT molecular complexity index is 573. The molecule has 1 aromatic carbocycles. The van der Waals surface area contributed by atoms with Crippen LogP contribution in [0, 0.1) is 23.2 Å². The Morgan fingerprint density at radius 3 is 2.18 bits per heavy atom. The molecule has 1 amide bonds. The van der Waals surface area contributed by atoms with Crippen LogP contribution in [0.5, 0.6) is 0 Å². The van der Waals surface area contributed by atoms with Crippen molar-refractivity contribution in [2.24, 2.45) is 28.3 Å². The summed E-state index contributed by atoms with van der Waals surface area (Å²) < 4.78 is 0. The number of hydrogen-bond donors (Lipinski definition) is 1. The Morgan fingerprint density at radius 1 is 1.09 bits per heavy atom. The monoisotopic (exact) mass is 316 g/mol. The van der Waals surface area contributed by atoms with E-state index < -0.39 is 0 Å². The number of amides is 1. The Kier molecular flexibility index (Phi) is 3.48. The van der Waals surface area contributed by atoms with E-state index in [9.17, 15) is 4.79 Å². The third-order valence-corrected chi connectivity index (χ3v) is 6.02. The largest absolute Gasteiger partial charge is 0.273 e. The molecule has 0 spiro atoms. The van der Waals surface area contributed by atoms with Gasteiger partial charge in [-0.05, 0) is 74.0 Å². The summed E-state index contributed by atoms with van der Waals surface area (Å²) in [6.07, 6.45) is 8.94. The zero-order chi connectivity index (χ0) is 15.2. The van der Waals surface area contributed by atoms with Crippen molar-refractivity contribution in [3.8, 4) is 0 Å². The summed E-state index contributed by atoms with van der Waals surface area (Å²) >= 11 is 5.86. The molecule has 4 aliphatic carbocycles. The molecule has 0 aromatic heterocycles. The molecule has 4 bridgehead atoms. The topological polar surface area (TPSA) is 41.5 Å². The molecular weight excluding hydrogens is 296 g/mol. The molecule has 4 fully saturated rings. The number of nitrogens with one attached hydrogen (secondary N) is 1. The van der Waals surface area contributed by atoms with Gasteiger partial charge in [-0.2, -0.15) is 5.10 Å². The highest BCUT2D eigenvalue weighted by molar-refractivity contribution is 6.30. The number of halogens is 1. The molecule has 1 aromatic rings. The molecule has 0 aliphatic heterocycles. The van der Waals surface area contributed by atoms with Gasteiger partial charge in [0, 0.05) is 5.02 Å². The lowest BCUT2D eigenvalue weighted by Gasteiger charge is -2.55. The number of rotatable bonds is 3. The van der Waals surface area contributed by atoms with Crippen molar-refractivity contribution in [3.05, 3.63) is 34.9 Å². The van der Waals surface area contributed by atoms with Crippen LogP contribution in [-0.4, -0.2) is 12.1 Å². The average Bonchev–Trinajstić information content (AvgIpc) is 2.48. The van der Waals surface area contributed by atoms with Crippen LogP contribution in [0.1, 0.15) is 44.1 Å². The fourth-order valence-electron chi connectivity index (χ4n) is 5.22. The highest BCUT2D eigenvalue weighted by atomic mass is 35.5.